The van der Waals surface area contributed by atoms with Crippen molar-refractivity contribution in [3.63, 3.8) is 0 Å². The Morgan fingerprint density at radius 1 is 0.121 bits per heavy atom. The molecule has 0 aliphatic rings. The van der Waals surface area contributed by atoms with Crippen molar-refractivity contribution in [2.75, 3.05) is 14.7 Å². The Morgan fingerprint density at radius 2 is 0.348 bits per heavy atom. The van der Waals surface area contributed by atoms with Gasteiger partial charge in [-0.2, -0.15) is 0 Å². The summed E-state index contributed by atoms with van der Waals surface area (Å²) in [4.78, 5) is 7.07. The van der Waals surface area contributed by atoms with Crippen LogP contribution in [-0.2, 0) is 0 Å². The summed E-state index contributed by atoms with van der Waals surface area (Å²) in [6, 6.07) is 186. The molecule has 624 valence electrons. The van der Waals surface area contributed by atoms with Gasteiger partial charge in [-0.3, -0.25) is 0 Å². The van der Waals surface area contributed by atoms with Crippen LogP contribution < -0.4 is 14.7 Å². The predicted octanol–water partition coefficient (Wildman–Crippen LogP) is 36.2. The molecule has 0 aliphatic carbocycles. The Bertz CT molecular complexity index is 8120. The summed E-state index contributed by atoms with van der Waals surface area (Å²) in [5.41, 5.74) is 36.0. The quantitative estimate of drug-likeness (QED) is 0.0853. The summed E-state index contributed by atoms with van der Waals surface area (Å²) in [5, 5.41) is 6.63. The van der Waals surface area contributed by atoms with Crippen LogP contribution in [0, 0.1) is 0 Å². The van der Waals surface area contributed by atoms with Crippen LogP contribution in [0.1, 0.15) is 0 Å². The lowest BCUT2D eigenvalue weighted by Crippen LogP contribution is -2.11. The Hall–Kier alpha value is -17.6. The number of furan rings is 3. The van der Waals surface area contributed by atoms with Gasteiger partial charge in [0.1, 0.15) is 33.5 Å². The Balaban J connectivity index is 0.000000116. The van der Waals surface area contributed by atoms with Gasteiger partial charge in [-0.15, -0.1) is 0 Å². The van der Waals surface area contributed by atoms with E-state index in [9.17, 15) is 0 Å². The van der Waals surface area contributed by atoms with E-state index in [-0.39, 0.29) is 0 Å². The van der Waals surface area contributed by atoms with E-state index in [1.165, 1.54) is 66.8 Å². The van der Waals surface area contributed by atoms with Crippen LogP contribution in [0.2, 0.25) is 0 Å². The van der Waals surface area contributed by atoms with Crippen molar-refractivity contribution in [3.8, 4) is 100 Å². The molecular weight excluding hydrogens is 1600 g/mol. The van der Waals surface area contributed by atoms with E-state index < -0.39 is 0 Å². The summed E-state index contributed by atoms with van der Waals surface area (Å²) in [5.74, 6) is 0. The molecule has 6 heteroatoms. The molecule has 21 aromatic carbocycles. The average Bonchev–Trinajstić information content (AvgIpc) is 1.55. The van der Waals surface area contributed by atoms with E-state index in [1.54, 1.807) is 0 Å². The summed E-state index contributed by atoms with van der Waals surface area (Å²) < 4.78 is 19.5. The summed E-state index contributed by atoms with van der Waals surface area (Å²) in [6.07, 6.45) is 0. The zero-order valence-corrected chi connectivity index (χ0v) is 72.3. The SMILES string of the molecule is c1ccc(-c2ccc(-c3ccc(N(c4ccccc4)c4cc(-c5ccccc5)c5oc6ccccc6c5c4)cc3)cc2)cc1.c1ccc(-c2ccc(N(c3cc(-c4ccccc4)c4oc5ccccc5c4c3)c3ccccc3-c3ccccc3)cc2)cc1.c1ccc(-c2ccc(N(c3cccc(-c4ccccc4)c3)c3cc(-c4ccccc4)c4oc5ccccc5c4c3)cc2)cc1. The molecule has 24 rings (SSSR count). The molecule has 0 atom stereocenters. The number of rotatable bonds is 18. The maximum Gasteiger partial charge on any atom is 0.143 e. The fourth-order valence-corrected chi connectivity index (χ4v) is 18.4. The fourth-order valence-electron chi connectivity index (χ4n) is 18.4. The first-order chi connectivity index (χ1) is 65.5. The van der Waals surface area contributed by atoms with Gasteiger partial charge >= 0.3 is 0 Å². The molecule has 0 fully saturated rings. The second-order valence-electron chi connectivity index (χ2n) is 33.0. The van der Waals surface area contributed by atoms with Crippen molar-refractivity contribution in [1.29, 1.82) is 0 Å². The second kappa shape index (κ2) is 36.4. The Morgan fingerprint density at radius 3 is 0.697 bits per heavy atom. The lowest BCUT2D eigenvalue weighted by Gasteiger charge is -2.28. The lowest BCUT2D eigenvalue weighted by atomic mass is 9.98. The van der Waals surface area contributed by atoms with E-state index in [1.807, 2.05) is 30.3 Å². The van der Waals surface area contributed by atoms with Crippen LogP contribution in [0.25, 0.3) is 166 Å². The van der Waals surface area contributed by atoms with Gasteiger partial charge in [0, 0.05) is 100 Å². The van der Waals surface area contributed by atoms with Crippen molar-refractivity contribution in [3.05, 3.63) is 528 Å². The zero-order chi connectivity index (χ0) is 87.9. The Kier molecular flexibility index (Phi) is 22.1. The van der Waals surface area contributed by atoms with Crippen molar-refractivity contribution >= 4 is 117 Å². The first-order valence-corrected chi connectivity index (χ1v) is 44.8. The number of anilines is 9. The monoisotopic (exact) mass is 1690 g/mol. The van der Waals surface area contributed by atoms with E-state index in [0.717, 1.165) is 150 Å². The van der Waals surface area contributed by atoms with Gasteiger partial charge in [-0.05, 0) is 199 Å². The third-order valence-electron chi connectivity index (χ3n) is 24.8. The number of benzene rings is 21. The van der Waals surface area contributed by atoms with Crippen LogP contribution in [0.15, 0.2) is 541 Å². The fraction of sp³-hybridized carbons (Fsp3) is 0. The van der Waals surface area contributed by atoms with Crippen molar-refractivity contribution in [2.24, 2.45) is 0 Å². The van der Waals surface area contributed by atoms with Gasteiger partial charge in [-0.25, -0.2) is 0 Å². The van der Waals surface area contributed by atoms with Crippen molar-refractivity contribution < 1.29 is 13.3 Å². The summed E-state index contributed by atoms with van der Waals surface area (Å²) in [6.45, 7) is 0. The van der Waals surface area contributed by atoms with Crippen molar-refractivity contribution in [1.82, 2.24) is 0 Å². The zero-order valence-electron chi connectivity index (χ0n) is 72.3. The Labute approximate surface area is 767 Å². The minimum atomic E-state index is 0.889. The van der Waals surface area contributed by atoms with Gasteiger partial charge in [0.15, 0.2) is 0 Å². The maximum absolute atomic E-state index is 6.52. The molecule has 0 N–H and O–H groups in total. The molecule has 6 nitrogen and oxygen atoms in total. The van der Waals surface area contributed by atoms with E-state index in [4.69, 9.17) is 13.3 Å². The normalized spacial score (nSPS) is 11.2. The van der Waals surface area contributed by atoms with Crippen LogP contribution in [0.5, 0.6) is 0 Å². The van der Waals surface area contributed by atoms with E-state index in [2.05, 4.69) is 512 Å². The highest BCUT2D eigenvalue weighted by atomic mass is 16.3. The van der Waals surface area contributed by atoms with E-state index in [0.29, 0.717) is 0 Å². The van der Waals surface area contributed by atoms with Gasteiger partial charge in [0.05, 0.1) is 5.69 Å². The first kappa shape index (κ1) is 80.3. The third kappa shape index (κ3) is 16.3. The van der Waals surface area contributed by atoms with Gasteiger partial charge in [-0.1, -0.05) is 406 Å². The van der Waals surface area contributed by atoms with Crippen molar-refractivity contribution in [2.45, 2.75) is 0 Å². The number of hydrogen-bond donors (Lipinski definition) is 0. The van der Waals surface area contributed by atoms with E-state index >= 15 is 0 Å². The topological polar surface area (TPSA) is 49.1 Å². The molecule has 0 aliphatic heterocycles. The second-order valence-corrected chi connectivity index (χ2v) is 33.0. The van der Waals surface area contributed by atoms with Gasteiger partial charge < -0.3 is 28.0 Å². The summed E-state index contributed by atoms with van der Waals surface area (Å²) in [7, 11) is 0. The highest BCUT2D eigenvalue weighted by molar-refractivity contribution is 6.15. The number of hydrogen-bond acceptors (Lipinski definition) is 6. The summed E-state index contributed by atoms with van der Waals surface area (Å²) >= 11 is 0. The molecule has 0 unspecified atom stereocenters. The van der Waals surface area contributed by atoms with Gasteiger partial charge in [0.25, 0.3) is 0 Å². The van der Waals surface area contributed by atoms with Crippen LogP contribution in [0.4, 0.5) is 51.2 Å². The largest absolute Gasteiger partial charge is 0.455 e. The minimum absolute atomic E-state index is 0.889. The average molecular weight is 1690 g/mol. The highest BCUT2D eigenvalue weighted by Gasteiger charge is 2.26. The molecule has 0 radical (unpaired) electrons. The predicted molar refractivity (Wildman–Crippen MR) is 554 cm³/mol. The van der Waals surface area contributed by atoms with Crippen LogP contribution in [-0.4, -0.2) is 0 Å². The molecule has 0 amide bonds. The molecule has 24 aromatic rings. The smallest absolute Gasteiger partial charge is 0.143 e. The van der Waals surface area contributed by atoms with Gasteiger partial charge in [0.2, 0.25) is 0 Å². The molecule has 0 bridgehead atoms. The number of nitrogens with zero attached hydrogens (tertiary/aromatic N) is 3. The molecule has 3 aromatic heterocycles. The molecule has 132 heavy (non-hydrogen) atoms. The molecule has 0 saturated carbocycles. The van der Waals surface area contributed by atoms with Crippen LogP contribution in [0.3, 0.4) is 0 Å². The minimum Gasteiger partial charge on any atom is -0.455 e. The number of para-hydroxylation sites is 5. The van der Waals surface area contributed by atoms with Crippen LogP contribution >= 0.6 is 0 Å². The lowest BCUT2D eigenvalue weighted by molar-refractivity contribution is 0.669. The first-order valence-electron chi connectivity index (χ1n) is 44.8. The standard InChI is InChI=1S/3C42H29NO/c1-4-14-30(15-5-1)31-24-26-34(27-25-31)43(40-22-12-10-20-36(40)32-16-6-2-7-17-32)35-28-38(33-18-8-3-9-19-33)42-39(29-35)37-21-11-13-23-41(37)44-42;1-4-13-30(14-5-1)32-23-25-35(26-24-32)43(36-20-12-19-34(27-36)31-15-6-2-7-16-31)37-28-39(33-17-8-3-9-18-33)42-40(29-37)38-21-10-11-22-41(38)44-42;1-4-12-30(13-5-1)31-20-22-32(23-21-31)33-24-26-36(27-25-33)43(35-16-8-3-9-17-35)37-28-39(34-14-6-2-7-15-34)42-40(29-37)38-18-10-11-19-41(38)44-42/h3*1-29H. The molecule has 3 heterocycles. The molecule has 0 spiro atoms. The molecular formula is C126H87N3O3. The molecule has 0 saturated heterocycles. The number of fused-ring (bicyclic) bond motifs is 9. The highest BCUT2D eigenvalue weighted by Crippen LogP contribution is 2.50. The third-order valence-corrected chi connectivity index (χ3v) is 24.8. The maximum atomic E-state index is 6.52.